The fourth-order valence-electron chi connectivity index (χ4n) is 3.06. The van der Waals surface area contributed by atoms with E-state index in [0.717, 1.165) is 6.20 Å². The molecule has 1 fully saturated rings. The third-order valence-electron chi connectivity index (χ3n) is 4.70. The quantitative estimate of drug-likeness (QED) is 0.515. The summed E-state index contributed by atoms with van der Waals surface area (Å²) in [6.45, 7) is 0.554. The number of hydrogen-bond donors (Lipinski definition) is 3. The first-order chi connectivity index (χ1) is 15.4. The number of alkyl halides is 2. The molecular weight excluding hydrogens is 422 g/mol. The molecule has 3 heterocycles. The first-order valence-electron chi connectivity index (χ1n) is 9.64. The SMILES string of the molecule is NC(=O)c1cc(NC2CCNC2=O)nc(-c2ccc(Oc3ccc(C(F)F)cn3)cc2)n1. The van der Waals surface area contributed by atoms with E-state index in [4.69, 9.17) is 10.5 Å². The van der Waals surface area contributed by atoms with Crippen LogP contribution in [-0.2, 0) is 4.79 Å². The molecule has 2 aromatic heterocycles. The predicted octanol–water partition coefficient (Wildman–Crippen LogP) is 2.67. The van der Waals surface area contributed by atoms with Crippen LogP contribution < -0.4 is 21.1 Å². The molecule has 9 nitrogen and oxygen atoms in total. The van der Waals surface area contributed by atoms with Gasteiger partial charge < -0.3 is 21.1 Å². The molecule has 11 heteroatoms. The lowest BCUT2D eigenvalue weighted by Crippen LogP contribution is -2.30. The van der Waals surface area contributed by atoms with Gasteiger partial charge >= 0.3 is 0 Å². The molecule has 1 aliphatic heterocycles. The van der Waals surface area contributed by atoms with E-state index in [1.165, 1.54) is 18.2 Å². The van der Waals surface area contributed by atoms with Gasteiger partial charge in [-0.3, -0.25) is 9.59 Å². The van der Waals surface area contributed by atoms with Crippen molar-refractivity contribution in [3.8, 4) is 23.0 Å². The molecule has 0 spiro atoms. The lowest BCUT2D eigenvalue weighted by molar-refractivity contribution is -0.119. The van der Waals surface area contributed by atoms with Gasteiger partial charge in [-0.15, -0.1) is 0 Å². The second-order valence-corrected chi connectivity index (χ2v) is 6.96. The highest BCUT2D eigenvalue weighted by Crippen LogP contribution is 2.26. The molecule has 0 bridgehead atoms. The molecule has 0 aliphatic carbocycles. The summed E-state index contributed by atoms with van der Waals surface area (Å²) in [5, 5.41) is 5.71. The number of anilines is 1. The first kappa shape index (κ1) is 21.1. The fraction of sp³-hybridized carbons (Fsp3) is 0.190. The number of rotatable bonds is 7. The summed E-state index contributed by atoms with van der Waals surface area (Å²) in [7, 11) is 0. The van der Waals surface area contributed by atoms with E-state index in [1.54, 1.807) is 24.3 Å². The van der Waals surface area contributed by atoms with E-state index in [9.17, 15) is 18.4 Å². The van der Waals surface area contributed by atoms with Crippen molar-refractivity contribution in [2.75, 3.05) is 11.9 Å². The maximum Gasteiger partial charge on any atom is 0.267 e. The van der Waals surface area contributed by atoms with E-state index in [0.29, 0.717) is 30.1 Å². The van der Waals surface area contributed by atoms with Crippen molar-refractivity contribution in [3.63, 3.8) is 0 Å². The molecule has 4 rings (SSSR count). The Labute approximate surface area is 181 Å². The Morgan fingerprint density at radius 3 is 2.56 bits per heavy atom. The van der Waals surface area contributed by atoms with Crippen LogP contribution in [-0.4, -0.2) is 39.4 Å². The van der Waals surface area contributed by atoms with Crippen LogP contribution in [0.5, 0.6) is 11.6 Å². The predicted molar refractivity (Wildman–Crippen MR) is 110 cm³/mol. The number of hydrogen-bond acceptors (Lipinski definition) is 7. The minimum atomic E-state index is -2.60. The van der Waals surface area contributed by atoms with Crippen LogP contribution in [0, 0.1) is 0 Å². The Balaban J connectivity index is 1.54. The van der Waals surface area contributed by atoms with E-state index in [1.807, 2.05) is 0 Å². The number of pyridine rings is 1. The Morgan fingerprint density at radius 1 is 1.19 bits per heavy atom. The zero-order chi connectivity index (χ0) is 22.7. The molecule has 1 aliphatic rings. The van der Waals surface area contributed by atoms with Gasteiger partial charge in [0, 0.05) is 36.0 Å². The van der Waals surface area contributed by atoms with Gasteiger partial charge in [0.1, 0.15) is 23.3 Å². The Morgan fingerprint density at radius 2 is 1.97 bits per heavy atom. The first-order valence-corrected chi connectivity index (χ1v) is 9.64. The molecule has 1 unspecified atom stereocenters. The van der Waals surface area contributed by atoms with Gasteiger partial charge in [-0.2, -0.15) is 0 Å². The van der Waals surface area contributed by atoms with E-state index >= 15 is 0 Å². The molecule has 0 saturated carbocycles. The van der Waals surface area contributed by atoms with Crippen molar-refractivity contribution in [1.29, 1.82) is 0 Å². The third-order valence-corrected chi connectivity index (χ3v) is 4.70. The summed E-state index contributed by atoms with van der Waals surface area (Å²) in [6, 6.07) is 10.1. The van der Waals surface area contributed by atoms with Gasteiger partial charge in [0.15, 0.2) is 5.82 Å². The number of benzene rings is 1. The van der Waals surface area contributed by atoms with Gasteiger partial charge in [0.05, 0.1) is 0 Å². The van der Waals surface area contributed by atoms with Gasteiger partial charge in [-0.25, -0.2) is 23.7 Å². The molecule has 1 aromatic carbocycles. The van der Waals surface area contributed by atoms with Crippen LogP contribution in [0.15, 0.2) is 48.7 Å². The number of carbonyl (C=O) groups is 2. The lowest BCUT2D eigenvalue weighted by Gasteiger charge is -2.13. The molecule has 32 heavy (non-hydrogen) atoms. The van der Waals surface area contributed by atoms with Crippen molar-refractivity contribution in [1.82, 2.24) is 20.3 Å². The number of ether oxygens (including phenoxy) is 1. The molecule has 4 N–H and O–H groups in total. The highest BCUT2D eigenvalue weighted by molar-refractivity contribution is 5.92. The lowest BCUT2D eigenvalue weighted by atomic mass is 10.2. The zero-order valence-corrected chi connectivity index (χ0v) is 16.6. The second-order valence-electron chi connectivity index (χ2n) is 6.96. The van der Waals surface area contributed by atoms with Crippen LogP contribution in [0.25, 0.3) is 11.4 Å². The number of carbonyl (C=O) groups excluding carboxylic acids is 2. The summed E-state index contributed by atoms with van der Waals surface area (Å²) in [4.78, 5) is 36.0. The zero-order valence-electron chi connectivity index (χ0n) is 16.6. The second kappa shape index (κ2) is 8.92. The number of amides is 2. The highest BCUT2D eigenvalue weighted by atomic mass is 19.3. The Kier molecular flexibility index (Phi) is 5.88. The summed E-state index contributed by atoms with van der Waals surface area (Å²) >= 11 is 0. The molecule has 3 aromatic rings. The molecule has 2 amide bonds. The third kappa shape index (κ3) is 4.77. The molecule has 1 atom stereocenters. The van der Waals surface area contributed by atoms with Crippen LogP contribution in [0.3, 0.4) is 0 Å². The van der Waals surface area contributed by atoms with E-state index < -0.39 is 18.4 Å². The summed E-state index contributed by atoms with van der Waals surface area (Å²) in [5.74, 6) is 0.226. The molecule has 164 valence electrons. The highest BCUT2D eigenvalue weighted by Gasteiger charge is 2.24. The van der Waals surface area contributed by atoms with E-state index in [2.05, 4.69) is 25.6 Å². The van der Waals surface area contributed by atoms with Crippen molar-refractivity contribution in [2.24, 2.45) is 5.73 Å². The summed E-state index contributed by atoms with van der Waals surface area (Å²) in [5.41, 5.74) is 5.77. The topological polar surface area (TPSA) is 132 Å². The maximum atomic E-state index is 12.6. The molecular formula is C21H18F2N6O3. The number of nitrogens with zero attached hydrogens (tertiary/aromatic N) is 3. The van der Waals surface area contributed by atoms with Crippen LogP contribution in [0.4, 0.5) is 14.6 Å². The number of nitrogens with one attached hydrogen (secondary N) is 2. The molecule has 0 radical (unpaired) electrons. The largest absolute Gasteiger partial charge is 0.439 e. The van der Waals surface area contributed by atoms with E-state index in [-0.39, 0.29) is 28.9 Å². The standard InChI is InChI=1S/C21H18F2N6O3/c22-18(23)12-3-6-17(26-10-12)32-13-4-1-11(2-5-13)20-28-15(19(24)30)9-16(29-20)27-14-7-8-25-21(14)31/h1-6,9-10,14,18H,7-8H2,(H2,24,30)(H,25,31)(H,27,28,29). The number of primary amides is 1. The summed E-state index contributed by atoms with van der Waals surface area (Å²) in [6.07, 6.45) is -0.964. The van der Waals surface area contributed by atoms with Gasteiger partial charge in [0.25, 0.3) is 12.3 Å². The van der Waals surface area contributed by atoms with Crippen molar-refractivity contribution >= 4 is 17.6 Å². The van der Waals surface area contributed by atoms with Crippen molar-refractivity contribution in [3.05, 3.63) is 59.9 Å². The fourth-order valence-corrected chi connectivity index (χ4v) is 3.06. The minimum absolute atomic E-state index is 0.000415. The average molecular weight is 440 g/mol. The van der Waals surface area contributed by atoms with Crippen molar-refractivity contribution < 1.29 is 23.1 Å². The Bertz CT molecular complexity index is 1140. The number of nitrogens with two attached hydrogens (primary N) is 1. The van der Waals surface area contributed by atoms with Crippen LogP contribution >= 0.6 is 0 Å². The van der Waals surface area contributed by atoms with Gasteiger partial charge in [0.2, 0.25) is 11.8 Å². The van der Waals surface area contributed by atoms with Crippen LogP contribution in [0.2, 0.25) is 0 Å². The van der Waals surface area contributed by atoms with Crippen molar-refractivity contribution in [2.45, 2.75) is 18.9 Å². The average Bonchev–Trinajstić information content (AvgIpc) is 3.18. The normalized spacial score (nSPS) is 15.5. The number of aromatic nitrogens is 3. The Hall–Kier alpha value is -4.15. The van der Waals surface area contributed by atoms with Gasteiger partial charge in [-0.05, 0) is 36.8 Å². The smallest absolute Gasteiger partial charge is 0.267 e. The van der Waals surface area contributed by atoms with Crippen LogP contribution in [0.1, 0.15) is 28.9 Å². The minimum Gasteiger partial charge on any atom is -0.439 e. The van der Waals surface area contributed by atoms with Gasteiger partial charge in [-0.1, -0.05) is 0 Å². The summed E-state index contributed by atoms with van der Waals surface area (Å²) < 4.78 is 30.8. The maximum absolute atomic E-state index is 12.6. The monoisotopic (exact) mass is 440 g/mol. The number of halogens is 2. The molecule has 1 saturated heterocycles.